The van der Waals surface area contributed by atoms with E-state index in [1.54, 1.807) is 0 Å². The molecule has 48 valence electrons. The molecule has 8 heavy (non-hydrogen) atoms. The van der Waals surface area contributed by atoms with E-state index in [-0.39, 0.29) is 0 Å². The fourth-order valence-corrected chi connectivity index (χ4v) is 3.45. The van der Waals surface area contributed by atoms with Gasteiger partial charge >= 0.3 is 0 Å². The van der Waals surface area contributed by atoms with Gasteiger partial charge < -0.3 is 0 Å². The first-order valence-corrected chi connectivity index (χ1v) is 5.09. The molecule has 0 bridgehead atoms. The summed E-state index contributed by atoms with van der Waals surface area (Å²) in [5, 5.41) is 0.970. The maximum atomic E-state index is 2.36. The molecular formula is C7H15S+. The van der Waals surface area contributed by atoms with Crippen molar-refractivity contribution in [1.82, 2.24) is 0 Å². The van der Waals surface area contributed by atoms with Crippen molar-refractivity contribution in [1.29, 1.82) is 0 Å². The summed E-state index contributed by atoms with van der Waals surface area (Å²) in [6, 6.07) is 0. The molecule has 1 saturated heterocycles. The number of hydrogen-bond acceptors (Lipinski definition) is 0. The molecule has 0 aromatic rings. The lowest BCUT2D eigenvalue weighted by atomic mass is 10.4. The number of hydrogen-bond donors (Lipinski definition) is 0. The summed E-state index contributed by atoms with van der Waals surface area (Å²) in [4.78, 5) is 0. The minimum Gasteiger partial charge on any atom is -0.0172 e. The first-order chi connectivity index (χ1) is 3.80. The van der Waals surface area contributed by atoms with Crippen molar-refractivity contribution < 1.29 is 0 Å². The summed E-state index contributed by atoms with van der Waals surface area (Å²) in [7, 11) is 0.821. The fourth-order valence-electron chi connectivity index (χ4n) is 1.15. The van der Waals surface area contributed by atoms with Gasteiger partial charge in [-0.1, -0.05) is 0 Å². The predicted octanol–water partition coefficient (Wildman–Crippen LogP) is 1.81. The molecule has 0 aliphatic carbocycles. The van der Waals surface area contributed by atoms with Gasteiger partial charge in [0.1, 0.15) is 16.8 Å². The summed E-state index contributed by atoms with van der Waals surface area (Å²) in [5.74, 6) is 3.05. The zero-order valence-electron chi connectivity index (χ0n) is 5.81. The SMILES string of the molecule is CC(C)[S+]1CCCC1. The maximum Gasteiger partial charge on any atom is 0.112 e. The first-order valence-electron chi connectivity index (χ1n) is 3.47. The molecule has 1 fully saturated rings. The lowest BCUT2D eigenvalue weighted by Crippen LogP contribution is -2.15. The molecule has 0 aromatic carbocycles. The second-order valence-electron chi connectivity index (χ2n) is 2.70. The lowest BCUT2D eigenvalue weighted by molar-refractivity contribution is 0.949. The van der Waals surface area contributed by atoms with Crippen LogP contribution in [-0.4, -0.2) is 16.8 Å². The van der Waals surface area contributed by atoms with Gasteiger partial charge in [0.15, 0.2) is 0 Å². The average molecular weight is 131 g/mol. The van der Waals surface area contributed by atoms with Crippen LogP contribution in [0.25, 0.3) is 0 Å². The molecule has 0 aromatic heterocycles. The smallest absolute Gasteiger partial charge is 0.0172 e. The molecule has 0 radical (unpaired) electrons. The van der Waals surface area contributed by atoms with Crippen molar-refractivity contribution in [3.63, 3.8) is 0 Å². The van der Waals surface area contributed by atoms with Crippen LogP contribution in [0, 0.1) is 0 Å². The highest BCUT2D eigenvalue weighted by atomic mass is 32.2. The summed E-state index contributed by atoms with van der Waals surface area (Å²) < 4.78 is 0. The predicted molar refractivity (Wildman–Crippen MR) is 41.5 cm³/mol. The van der Waals surface area contributed by atoms with Crippen molar-refractivity contribution in [3.05, 3.63) is 0 Å². The molecule has 1 heteroatoms. The van der Waals surface area contributed by atoms with Crippen LogP contribution in [0.15, 0.2) is 0 Å². The molecule has 1 aliphatic rings. The number of rotatable bonds is 1. The van der Waals surface area contributed by atoms with E-state index >= 15 is 0 Å². The van der Waals surface area contributed by atoms with E-state index in [9.17, 15) is 0 Å². The highest BCUT2D eigenvalue weighted by Gasteiger charge is 2.26. The van der Waals surface area contributed by atoms with E-state index in [0.717, 1.165) is 16.1 Å². The van der Waals surface area contributed by atoms with E-state index in [2.05, 4.69) is 13.8 Å². The molecule has 0 nitrogen and oxygen atoms in total. The van der Waals surface area contributed by atoms with Crippen LogP contribution in [0.4, 0.5) is 0 Å². The highest BCUT2D eigenvalue weighted by molar-refractivity contribution is 7.97. The van der Waals surface area contributed by atoms with Gasteiger partial charge in [0, 0.05) is 0 Å². The lowest BCUT2D eigenvalue weighted by Gasteiger charge is -2.01. The first kappa shape index (κ1) is 6.47. The van der Waals surface area contributed by atoms with Crippen LogP contribution in [0.1, 0.15) is 26.7 Å². The van der Waals surface area contributed by atoms with E-state index in [1.165, 1.54) is 24.3 Å². The zero-order valence-corrected chi connectivity index (χ0v) is 6.63. The van der Waals surface area contributed by atoms with Crippen molar-refractivity contribution in [2.75, 3.05) is 11.5 Å². The van der Waals surface area contributed by atoms with Gasteiger partial charge in [0.2, 0.25) is 0 Å². The van der Waals surface area contributed by atoms with Crippen molar-refractivity contribution in [2.24, 2.45) is 0 Å². The molecular weight excluding hydrogens is 116 g/mol. The second-order valence-corrected chi connectivity index (χ2v) is 5.54. The van der Waals surface area contributed by atoms with Crippen LogP contribution in [0.5, 0.6) is 0 Å². The van der Waals surface area contributed by atoms with E-state index in [4.69, 9.17) is 0 Å². The van der Waals surface area contributed by atoms with Crippen LogP contribution in [0.3, 0.4) is 0 Å². The van der Waals surface area contributed by atoms with Crippen molar-refractivity contribution in [3.8, 4) is 0 Å². The zero-order chi connectivity index (χ0) is 5.98. The highest BCUT2D eigenvalue weighted by Crippen LogP contribution is 2.17. The molecule has 0 N–H and O–H groups in total. The molecule has 0 amide bonds. The van der Waals surface area contributed by atoms with E-state index in [0.29, 0.717) is 0 Å². The van der Waals surface area contributed by atoms with Crippen LogP contribution < -0.4 is 0 Å². The summed E-state index contributed by atoms with van der Waals surface area (Å²) in [6.07, 6.45) is 3.00. The third-order valence-corrected chi connectivity index (χ3v) is 4.69. The Kier molecular flexibility index (Phi) is 2.24. The Bertz CT molecular complexity index is 62.8. The summed E-state index contributed by atoms with van der Waals surface area (Å²) in [5.41, 5.74) is 0. The fraction of sp³-hybridized carbons (Fsp3) is 1.00. The van der Waals surface area contributed by atoms with Gasteiger partial charge in [0.25, 0.3) is 0 Å². The van der Waals surface area contributed by atoms with E-state index in [1.807, 2.05) is 0 Å². The largest absolute Gasteiger partial charge is 0.112 e. The van der Waals surface area contributed by atoms with E-state index < -0.39 is 0 Å². The van der Waals surface area contributed by atoms with Crippen LogP contribution >= 0.6 is 0 Å². The Morgan fingerprint density at radius 3 is 1.88 bits per heavy atom. The normalized spacial score (nSPS) is 22.9. The van der Waals surface area contributed by atoms with Gasteiger partial charge in [-0.2, -0.15) is 0 Å². The molecule has 0 atom stereocenters. The maximum absolute atomic E-state index is 2.36. The van der Waals surface area contributed by atoms with Crippen LogP contribution in [-0.2, 0) is 10.9 Å². The summed E-state index contributed by atoms with van der Waals surface area (Å²) >= 11 is 0. The topological polar surface area (TPSA) is 0 Å². The third kappa shape index (κ3) is 1.41. The molecule has 0 spiro atoms. The molecule has 1 heterocycles. The second kappa shape index (κ2) is 2.77. The molecule has 0 unspecified atom stereocenters. The van der Waals surface area contributed by atoms with Gasteiger partial charge in [-0.25, -0.2) is 0 Å². The Balaban J connectivity index is 2.24. The Morgan fingerprint density at radius 2 is 1.62 bits per heavy atom. The van der Waals surface area contributed by atoms with Gasteiger partial charge in [-0.15, -0.1) is 0 Å². The molecule has 1 aliphatic heterocycles. The quantitative estimate of drug-likeness (QED) is 0.476. The molecule has 1 rings (SSSR count). The Morgan fingerprint density at radius 1 is 1.12 bits per heavy atom. The minimum absolute atomic E-state index is 0.821. The average Bonchev–Trinajstić information content (AvgIpc) is 2.12. The van der Waals surface area contributed by atoms with Crippen LogP contribution in [0.2, 0.25) is 0 Å². The van der Waals surface area contributed by atoms with Gasteiger partial charge in [0.05, 0.1) is 0 Å². The Labute approximate surface area is 55.0 Å². The Hall–Kier alpha value is 0.350. The molecule has 0 saturated carbocycles. The standard InChI is InChI=1S/C7H15S/c1-7(2)8-5-3-4-6-8/h7H,3-6H2,1-2H3/q+1. The minimum atomic E-state index is 0.821. The van der Waals surface area contributed by atoms with Gasteiger partial charge in [-0.3, -0.25) is 0 Å². The summed E-state index contributed by atoms with van der Waals surface area (Å²) in [6.45, 7) is 4.71. The third-order valence-electron chi connectivity index (χ3n) is 1.73. The van der Waals surface area contributed by atoms with Crippen molar-refractivity contribution in [2.45, 2.75) is 31.9 Å². The van der Waals surface area contributed by atoms with Crippen molar-refractivity contribution >= 4 is 10.9 Å². The van der Waals surface area contributed by atoms with Gasteiger partial charge in [-0.05, 0) is 37.6 Å². The monoisotopic (exact) mass is 131 g/mol.